The van der Waals surface area contributed by atoms with Crippen LogP contribution in [0.4, 0.5) is 0 Å². The molecule has 0 aromatic heterocycles. The summed E-state index contributed by atoms with van der Waals surface area (Å²) in [6.07, 6.45) is 5.41. The number of rotatable bonds is 7. The van der Waals surface area contributed by atoms with Crippen LogP contribution in [0.3, 0.4) is 0 Å². The third-order valence-electron chi connectivity index (χ3n) is 6.55. The number of carbonyl (C=O) groups is 1. The van der Waals surface area contributed by atoms with Crippen LogP contribution in [0.15, 0.2) is 54.6 Å². The second-order valence-electron chi connectivity index (χ2n) is 8.58. The van der Waals surface area contributed by atoms with Crippen molar-refractivity contribution in [1.29, 1.82) is 0 Å². The largest absolute Gasteiger partial charge is 0.497 e. The predicted molar refractivity (Wildman–Crippen MR) is 116 cm³/mol. The Morgan fingerprint density at radius 3 is 2.66 bits per heavy atom. The van der Waals surface area contributed by atoms with Gasteiger partial charge in [-0.05, 0) is 68.5 Å². The topological polar surface area (TPSA) is 32.8 Å². The molecule has 2 aliphatic heterocycles. The van der Waals surface area contributed by atoms with Gasteiger partial charge in [0.25, 0.3) is 0 Å². The van der Waals surface area contributed by atoms with Crippen LogP contribution in [0, 0.1) is 5.41 Å². The molecule has 2 heterocycles. The maximum absolute atomic E-state index is 13.4. The zero-order valence-electron chi connectivity index (χ0n) is 17.5. The van der Waals surface area contributed by atoms with Crippen LogP contribution in [-0.4, -0.2) is 49.0 Å². The van der Waals surface area contributed by atoms with Crippen LogP contribution < -0.4 is 4.74 Å². The molecule has 4 rings (SSSR count). The summed E-state index contributed by atoms with van der Waals surface area (Å²) in [6, 6.07) is 18.8. The number of nitrogens with zero attached hydrogens (tertiary/aromatic N) is 2. The number of hydrogen-bond acceptors (Lipinski definition) is 3. The molecule has 4 heteroatoms. The van der Waals surface area contributed by atoms with Crippen molar-refractivity contribution in [2.75, 3.05) is 33.3 Å². The summed E-state index contributed by atoms with van der Waals surface area (Å²) >= 11 is 0. The minimum absolute atomic E-state index is 0.163. The van der Waals surface area contributed by atoms with Crippen molar-refractivity contribution in [3.8, 4) is 5.75 Å². The van der Waals surface area contributed by atoms with Gasteiger partial charge in [-0.2, -0.15) is 0 Å². The Bertz CT molecular complexity index is 823. The molecule has 2 fully saturated rings. The summed E-state index contributed by atoms with van der Waals surface area (Å²) in [7, 11) is 1.69. The molecule has 0 aliphatic carbocycles. The predicted octanol–water partition coefficient (Wildman–Crippen LogP) is 4.14. The monoisotopic (exact) mass is 392 g/mol. The second kappa shape index (κ2) is 9.00. The summed E-state index contributed by atoms with van der Waals surface area (Å²) in [4.78, 5) is 18.0. The molecular formula is C25H32N2O2. The molecule has 1 atom stereocenters. The standard InChI is InChI=1S/C25H32N2O2/c1-29-23-12-5-10-22(18-23)19-27-16-7-13-25(24(27)28)14-17-26(20-25)15-6-11-21-8-3-2-4-9-21/h2-5,8-10,12,18H,6-7,11,13-17,19-20H2,1H3/t25-/m1/s1. The Morgan fingerprint density at radius 1 is 1.00 bits per heavy atom. The van der Waals surface area contributed by atoms with E-state index in [0.29, 0.717) is 12.5 Å². The Balaban J connectivity index is 1.33. The molecule has 4 nitrogen and oxygen atoms in total. The van der Waals surface area contributed by atoms with E-state index in [9.17, 15) is 4.79 Å². The van der Waals surface area contributed by atoms with Crippen LogP contribution >= 0.6 is 0 Å². The average molecular weight is 393 g/mol. The highest BCUT2D eigenvalue weighted by atomic mass is 16.5. The van der Waals surface area contributed by atoms with Gasteiger partial charge in [0.1, 0.15) is 5.75 Å². The minimum Gasteiger partial charge on any atom is -0.497 e. The first-order valence-corrected chi connectivity index (χ1v) is 10.9. The van der Waals surface area contributed by atoms with Gasteiger partial charge in [0.05, 0.1) is 12.5 Å². The smallest absolute Gasteiger partial charge is 0.230 e. The molecule has 0 unspecified atom stereocenters. The van der Waals surface area contributed by atoms with Gasteiger partial charge in [0, 0.05) is 19.6 Å². The summed E-state index contributed by atoms with van der Waals surface area (Å²) < 4.78 is 5.34. The Labute approximate surface area is 174 Å². The number of carbonyl (C=O) groups excluding carboxylic acids is 1. The number of amides is 1. The van der Waals surface area contributed by atoms with E-state index in [1.165, 1.54) is 5.56 Å². The summed E-state index contributed by atoms with van der Waals surface area (Å²) in [5.74, 6) is 1.21. The highest BCUT2D eigenvalue weighted by Gasteiger charge is 2.47. The molecule has 1 amide bonds. The SMILES string of the molecule is COc1cccc(CN2CCC[C@]3(CCN(CCCc4ccccc4)C3)C2=O)c1. The molecule has 0 N–H and O–H groups in total. The van der Waals surface area contributed by atoms with Crippen molar-refractivity contribution in [3.63, 3.8) is 0 Å². The van der Waals surface area contributed by atoms with Crippen molar-refractivity contribution in [3.05, 3.63) is 65.7 Å². The second-order valence-corrected chi connectivity index (χ2v) is 8.58. The molecule has 0 radical (unpaired) electrons. The highest BCUT2D eigenvalue weighted by Crippen LogP contribution is 2.40. The van der Waals surface area contributed by atoms with Gasteiger partial charge in [-0.25, -0.2) is 0 Å². The van der Waals surface area contributed by atoms with E-state index in [1.54, 1.807) is 7.11 Å². The first-order chi connectivity index (χ1) is 14.2. The van der Waals surface area contributed by atoms with Crippen LogP contribution in [-0.2, 0) is 17.8 Å². The molecule has 2 saturated heterocycles. The van der Waals surface area contributed by atoms with Crippen molar-refractivity contribution < 1.29 is 9.53 Å². The molecule has 2 aliphatic rings. The van der Waals surface area contributed by atoms with Gasteiger partial charge in [0.15, 0.2) is 0 Å². The number of ether oxygens (including phenoxy) is 1. The molecule has 2 aromatic carbocycles. The van der Waals surface area contributed by atoms with Crippen LogP contribution in [0.1, 0.15) is 36.8 Å². The van der Waals surface area contributed by atoms with Crippen molar-refractivity contribution in [2.45, 2.75) is 38.6 Å². The van der Waals surface area contributed by atoms with E-state index in [2.05, 4.69) is 46.2 Å². The lowest BCUT2D eigenvalue weighted by Crippen LogP contribution is -2.49. The number of methoxy groups -OCH3 is 1. The fraction of sp³-hybridized carbons (Fsp3) is 0.480. The lowest BCUT2D eigenvalue weighted by molar-refractivity contribution is -0.146. The molecule has 2 aromatic rings. The van der Waals surface area contributed by atoms with Crippen molar-refractivity contribution >= 4 is 5.91 Å². The van der Waals surface area contributed by atoms with E-state index in [1.807, 2.05) is 18.2 Å². The van der Waals surface area contributed by atoms with Crippen LogP contribution in [0.25, 0.3) is 0 Å². The molecular weight excluding hydrogens is 360 g/mol. The summed E-state index contributed by atoms with van der Waals surface area (Å²) in [5.41, 5.74) is 2.39. The lowest BCUT2D eigenvalue weighted by Gasteiger charge is -2.39. The molecule has 0 bridgehead atoms. The fourth-order valence-electron chi connectivity index (χ4n) is 4.97. The van der Waals surface area contributed by atoms with E-state index in [-0.39, 0.29) is 5.41 Å². The van der Waals surface area contributed by atoms with E-state index >= 15 is 0 Å². The maximum atomic E-state index is 13.4. The third kappa shape index (κ3) is 4.64. The average Bonchev–Trinajstić information content (AvgIpc) is 3.16. The summed E-state index contributed by atoms with van der Waals surface area (Å²) in [6.45, 7) is 4.61. The van der Waals surface area contributed by atoms with E-state index in [4.69, 9.17) is 4.74 Å². The zero-order chi connectivity index (χ0) is 20.1. The normalized spacial score (nSPS) is 22.4. The number of likely N-dealkylation sites (tertiary alicyclic amines) is 2. The lowest BCUT2D eigenvalue weighted by atomic mass is 9.78. The zero-order valence-corrected chi connectivity index (χ0v) is 17.5. The molecule has 154 valence electrons. The number of benzene rings is 2. The van der Waals surface area contributed by atoms with Gasteiger partial charge in [-0.1, -0.05) is 42.5 Å². The molecule has 0 saturated carbocycles. The quantitative estimate of drug-likeness (QED) is 0.710. The number of hydrogen-bond donors (Lipinski definition) is 0. The van der Waals surface area contributed by atoms with Gasteiger partial charge in [0.2, 0.25) is 5.91 Å². The Morgan fingerprint density at radius 2 is 1.83 bits per heavy atom. The van der Waals surface area contributed by atoms with Crippen LogP contribution in [0.5, 0.6) is 5.75 Å². The third-order valence-corrected chi connectivity index (χ3v) is 6.55. The van der Waals surface area contributed by atoms with Gasteiger partial charge in [-0.3, -0.25) is 4.79 Å². The number of aryl methyl sites for hydroxylation is 1. The first kappa shape index (κ1) is 20.0. The van der Waals surface area contributed by atoms with Crippen LogP contribution in [0.2, 0.25) is 0 Å². The minimum atomic E-state index is -0.163. The van der Waals surface area contributed by atoms with Gasteiger partial charge >= 0.3 is 0 Å². The van der Waals surface area contributed by atoms with Crippen molar-refractivity contribution in [1.82, 2.24) is 9.80 Å². The van der Waals surface area contributed by atoms with E-state index < -0.39 is 0 Å². The molecule has 1 spiro atoms. The van der Waals surface area contributed by atoms with Crippen molar-refractivity contribution in [2.24, 2.45) is 5.41 Å². The van der Waals surface area contributed by atoms with Gasteiger partial charge < -0.3 is 14.5 Å². The fourth-order valence-corrected chi connectivity index (χ4v) is 4.97. The van der Waals surface area contributed by atoms with Gasteiger partial charge in [-0.15, -0.1) is 0 Å². The first-order valence-electron chi connectivity index (χ1n) is 10.9. The maximum Gasteiger partial charge on any atom is 0.230 e. The summed E-state index contributed by atoms with van der Waals surface area (Å²) in [5, 5.41) is 0. The Hall–Kier alpha value is -2.33. The van der Waals surface area contributed by atoms with E-state index in [0.717, 1.165) is 69.6 Å². The Kier molecular flexibility index (Phi) is 6.19. The molecule has 29 heavy (non-hydrogen) atoms. The number of piperidine rings is 1. The highest BCUT2D eigenvalue weighted by molar-refractivity contribution is 5.84.